The monoisotopic (exact) mass is 253 g/mol. The number of rotatable bonds is 3. The summed E-state index contributed by atoms with van der Waals surface area (Å²) in [5.74, 6) is 0.395. The van der Waals surface area contributed by atoms with Crippen LogP contribution in [0.5, 0.6) is 0 Å². The van der Waals surface area contributed by atoms with Gasteiger partial charge in [0.1, 0.15) is 5.82 Å². The second-order valence-corrected chi connectivity index (χ2v) is 3.99. The highest BCUT2D eigenvalue weighted by atomic mass is 16.1. The Morgan fingerprint density at radius 2 is 1.89 bits per heavy atom. The van der Waals surface area contributed by atoms with Crippen LogP contribution in [0.4, 0.5) is 5.82 Å². The standard InChI is InChI=1S/C13H11N5O/c19-13(17-12-5-6-14-18-12)10-3-1-9(2-4-10)11-7-15-16-8-11/h1-8H,(H,15,16)(H2,14,17,18,19). The van der Waals surface area contributed by atoms with Crippen molar-refractivity contribution in [1.29, 1.82) is 0 Å². The second kappa shape index (κ2) is 4.77. The summed E-state index contributed by atoms with van der Waals surface area (Å²) in [5.41, 5.74) is 2.58. The fraction of sp³-hybridized carbons (Fsp3) is 0. The van der Waals surface area contributed by atoms with E-state index < -0.39 is 0 Å². The SMILES string of the molecule is O=C(Nc1ccn[nH]1)c1ccc(-c2cn[nH]c2)cc1. The highest BCUT2D eigenvalue weighted by Crippen LogP contribution is 2.18. The summed E-state index contributed by atoms with van der Waals surface area (Å²) in [5, 5.41) is 15.8. The number of amides is 1. The smallest absolute Gasteiger partial charge is 0.256 e. The van der Waals surface area contributed by atoms with Crippen LogP contribution >= 0.6 is 0 Å². The van der Waals surface area contributed by atoms with Gasteiger partial charge in [-0.25, -0.2) is 0 Å². The minimum atomic E-state index is -0.178. The first-order chi connectivity index (χ1) is 9.33. The summed E-state index contributed by atoms with van der Waals surface area (Å²) in [6.45, 7) is 0. The molecular formula is C13H11N5O. The maximum Gasteiger partial charge on any atom is 0.256 e. The van der Waals surface area contributed by atoms with Crippen molar-refractivity contribution in [3.05, 3.63) is 54.5 Å². The number of hydrogen-bond acceptors (Lipinski definition) is 3. The Morgan fingerprint density at radius 3 is 2.53 bits per heavy atom. The van der Waals surface area contributed by atoms with Crippen molar-refractivity contribution in [3.63, 3.8) is 0 Å². The number of H-pyrrole nitrogens is 2. The average molecular weight is 253 g/mol. The third-order valence-corrected chi connectivity index (χ3v) is 2.73. The molecule has 1 amide bonds. The van der Waals surface area contributed by atoms with Gasteiger partial charge in [0.05, 0.1) is 12.4 Å². The minimum Gasteiger partial charge on any atom is -0.307 e. The molecule has 2 heterocycles. The summed E-state index contributed by atoms with van der Waals surface area (Å²) in [4.78, 5) is 11.9. The molecule has 3 N–H and O–H groups in total. The Kier molecular flexibility index (Phi) is 2.82. The van der Waals surface area contributed by atoms with Crippen LogP contribution in [0.3, 0.4) is 0 Å². The van der Waals surface area contributed by atoms with Crippen LogP contribution in [0.25, 0.3) is 11.1 Å². The molecular weight excluding hydrogens is 242 g/mol. The quantitative estimate of drug-likeness (QED) is 0.667. The van der Waals surface area contributed by atoms with Gasteiger partial charge >= 0.3 is 0 Å². The second-order valence-electron chi connectivity index (χ2n) is 3.99. The lowest BCUT2D eigenvalue weighted by Gasteiger charge is -2.03. The Labute approximate surface area is 108 Å². The zero-order chi connectivity index (χ0) is 13.1. The molecule has 94 valence electrons. The number of carbonyl (C=O) groups is 1. The van der Waals surface area contributed by atoms with Crippen LogP contribution in [-0.4, -0.2) is 26.3 Å². The molecule has 0 aliphatic heterocycles. The number of nitrogens with zero attached hydrogens (tertiary/aromatic N) is 2. The molecule has 6 nitrogen and oxygen atoms in total. The molecule has 6 heteroatoms. The molecule has 0 spiro atoms. The lowest BCUT2D eigenvalue weighted by molar-refractivity contribution is 0.102. The van der Waals surface area contributed by atoms with Crippen molar-refractivity contribution in [2.75, 3.05) is 5.32 Å². The van der Waals surface area contributed by atoms with E-state index in [1.54, 1.807) is 36.8 Å². The molecule has 0 fully saturated rings. The van der Waals surface area contributed by atoms with Crippen molar-refractivity contribution in [3.8, 4) is 11.1 Å². The number of anilines is 1. The Hall–Kier alpha value is -2.89. The van der Waals surface area contributed by atoms with Gasteiger partial charge in [-0.2, -0.15) is 10.2 Å². The summed E-state index contributed by atoms with van der Waals surface area (Å²) >= 11 is 0. The molecule has 0 atom stereocenters. The fourth-order valence-corrected chi connectivity index (χ4v) is 1.74. The maximum absolute atomic E-state index is 11.9. The van der Waals surface area contributed by atoms with Gasteiger partial charge in [-0.15, -0.1) is 0 Å². The molecule has 1 aromatic carbocycles. The molecule has 19 heavy (non-hydrogen) atoms. The summed E-state index contributed by atoms with van der Waals surface area (Å²) in [6.07, 6.45) is 5.12. The molecule has 3 rings (SSSR count). The Morgan fingerprint density at radius 1 is 1.05 bits per heavy atom. The number of aromatic amines is 2. The van der Waals surface area contributed by atoms with Gasteiger partial charge in [-0.05, 0) is 17.7 Å². The van der Waals surface area contributed by atoms with Crippen LogP contribution in [-0.2, 0) is 0 Å². The molecule has 0 bridgehead atoms. The Balaban J connectivity index is 1.77. The van der Waals surface area contributed by atoms with E-state index in [2.05, 4.69) is 25.7 Å². The zero-order valence-corrected chi connectivity index (χ0v) is 9.92. The number of nitrogens with one attached hydrogen (secondary N) is 3. The number of carbonyl (C=O) groups excluding carboxylic acids is 1. The number of hydrogen-bond donors (Lipinski definition) is 3. The first-order valence-corrected chi connectivity index (χ1v) is 5.73. The molecule has 0 aliphatic carbocycles. The van der Waals surface area contributed by atoms with Gasteiger partial charge in [-0.3, -0.25) is 15.0 Å². The van der Waals surface area contributed by atoms with Crippen LogP contribution < -0.4 is 5.32 Å². The lowest BCUT2D eigenvalue weighted by Crippen LogP contribution is -2.11. The van der Waals surface area contributed by atoms with Crippen molar-refractivity contribution in [1.82, 2.24) is 20.4 Å². The van der Waals surface area contributed by atoms with Crippen LogP contribution in [0, 0.1) is 0 Å². The summed E-state index contributed by atoms with van der Waals surface area (Å²) < 4.78 is 0. The average Bonchev–Trinajstić information content (AvgIpc) is 3.12. The molecule has 0 radical (unpaired) electrons. The fourth-order valence-electron chi connectivity index (χ4n) is 1.74. The van der Waals surface area contributed by atoms with Crippen molar-refractivity contribution >= 4 is 11.7 Å². The zero-order valence-electron chi connectivity index (χ0n) is 9.92. The van der Waals surface area contributed by atoms with E-state index in [1.165, 1.54) is 0 Å². The van der Waals surface area contributed by atoms with Crippen molar-refractivity contribution < 1.29 is 4.79 Å². The van der Waals surface area contributed by atoms with Gasteiger partial charge in [0.2, 0.25) is 0 Å². The van der Waals surface area contributed by atoms with E-state index in [0.717, 1.165) is 11.1 Å². The van der Waals surface area contributed by atoms with E-state index >= 15 is 0 Å². The summed E-state index contributed by atoms with van der Waals surface area (Å²) in [7, 11) is 0. The third kappa shape index (κ3) is 2.37. The first-order valence-electron chi connectivity index (χ1n) is 5.73. The topological polar surface area (TPSA) is 86.5 Å². The Bertz CT molecular complexity index is 656. The molecule has 2 aromatic heterocycles. The third-order valence-electron chi connectivity index (χ3n) is 2.73. The van der Waals surface area contributed by atoms with Gasteiger partial charge in [0, 0.05) is 23.4 Å². The highest BCUT2D eigenvalue weighted by molar-refractivity contribution is 6.03. The van der Waals surface area contributed by atoms with Gasteiger partial charge in [0.15, 0.2) is 0 Å². The summed E-state index contributed by atoms with van der Waals surface area (Å²) in [6, 6.07) is 9.00. The van der Waals surface area contributed by atoms with E-state index in [-0.39, 0.29) is 5.91 Å². The van der Waals surface area contributed by atoms with Gasteiger partial charge < -0.3 is 5.32 Å². The van der Waals surface area contributed by atoms with E-state index in [4.69, 9.17) is 0 Å². The van der Waals surface area contributed by atoms with E-state index in [0.29, 0.717) is 11.4 Å². The van der Waals surface area contributed by atoms with Crippen LogP contribution in [0.2, 0.25) is 0 Å². The molecule has 3 aromatic rings. The minimum absolute atomic E-state index is 0.178. The van der Waals surface area contributed by atoms with Crippen LogP contribution in [0.15, 0.2) is 48.9 Å². The van der Waals surface area contributed by atoms with Crippen molar-refractivity contribution in [2.24, 2.45) is 0 Å². The van der Waals surface area contributed by atoms with E-state index in [9.17, 15) is 4.79 Å². The largest absolute Gasteiger partial charge is 0.307 e. The molecule has 0 aliphatic rings. The number of benzene rings is 1. The van der Waals surface area contributed by atoms with Crippen LogP contribution in [0.1, 0.15) is 10.4 Å². The molecule has 0 unspecified atom stereocenters. The molecule has 0 saturated heterocycles. The molecule has 0 saturated carbocycles. The maximum atomic E-state index is 11.9. The van der Waals surface area contributed by atoms with Gasteiger partial charge in [-0.1, -0.05) is 12.1 Å². The predicted octanol–water partition coefficient (Wildman–Crippen LogP) is 2.05. The lowest BCUT2D eigenvalue weighted by atomic mass is 10.1. The van der Waals surface area contributed by atoms with Gasteiger partial charge in [0.25, 0.3) is 5.91 Å². The number of aromatic nitrogens is 4. The highest BCUT2D eigenvalue weighted by Gasteiger charge is 2.07. The van der Waals surface area contributed by atoms with Crippen molar-refractivity contribution in [2.45, 2.75) is 0 Å². The van der Waals surface area contributed by atoms with E-state index in [1.807, 2.05) is 12.1 Å². The normalized spacial score (nSPS) is 10.3. The predicted molar refractivity (Wildman–Crippen MR) is 70.6 cm³/mol. The first kappa shape index (κ1) is 11.2.